The average molecular weight is 351 g/mol. The number of benzene rings is 2. The highest BCUT2D eigenvalue weighted by molar-refractivity contribution is 9.10. The van der Waals surface area contributed by atoms with Crippen LogP contribution in [0.5, 0.6) is 5.75 Å². The van der Waals surface area contributed by atoms with E-state index in [1.54, 1.807) is 12.1 Å². The third-order valence-corrected chi connectivity index (χ3v) is 3.97. The maximum atomic E-state index is 14.1. The Balaban J connectivity index is 1.84. The van der Waals surface area contributed by atoms with Crippen LogP contribution >= 0.6 is 15.9 Å². The van der Waals surface area contributed by atoms with E-state index in [9.17, 15) is 4.39 Å². The Hall–Kier alpha value is -1.43. The van der Waals surface area contributed by atoms with Crippen LogP contribution < -0.4 is 16.0 Å². The summed E-state index contributed by atoms with van der Waals surface area (Å²) in [6.07, 6.45) is 2.61. The van der Waals surface area contributed by atoms with Crippen LogP contribution in [0.4, 0.5) is 4.39 Å². The van der Waals surface area contributed by atoms with E-state index < -0.39 is 6.04 Å². The van der Waals surface area contributed by atoms with E-state index in [2.05, 4.69) is 21.4 Å². The van der Waals surface area contributed by atoms with Crippen LogP contribution in [0.25, 0.3) is 0 Å². The normalized spacial score (nSPS) is 15.8. The van der Waals surface area contributed by atoms with Crippen LogP contribution in [0.3, 0.4) is 0 Å². The van der Waals surface area contributed by atoms with Crippen molar-refractivity contribution >= 4 is 15.9 Å². The van der Waals surface area contributed by atoms with Gasteiger partial charge in [0.15, 0.2) is 0 Å². The van der Waals surface area contributed by atoms with Gasteiger partial charge in [0, 0.05) is 10.0 Å². The standard InChI is InChI=1S/C16H16BrFN2O/c17-11-3-8-14(15(18)9-11)16(20-19)10-1-4-12(5-2-10)21-13-6-7-13/h1-5,8-9,13,16,20H,6-7,19H2. The molecule has 1 saturated carbocycles. The largest absolute Gasteiger partial charge is 0.490 e. The molecule has 1 fully saturated rings. The zero-order valence-electron chi connectivity index (χ0n) is 11.4. The first-order chi connectivity index (χ1) is 10.2. The predicted molar refractivity (Wildman–Crippen MR) is 83.4 cm³/mol. The summed E-state index contributed by atoms with van der Waals surface area (Å²) >= 11 is 3.25. The molecule has 0 saturated heterocycles. The van der Waals surface area contributed by atoms with Crippen molar-refractivity contribution in [2.75, 3.05) is 0 Å². The molecule has 0 amide bonds. The van der Waals surface area contributed by atoms with Crippen molar-refractivity contribution in [1.29, 1.82) is 0 Å². The van der Waals surface area contributed by atoms with Gasteiger partial charge in [0.1, 0.15) is 11.6 Å². The number of hydrogen-bond acceptors (Lipinski definition) is 3. The quantitative estimate of drug-likeness (QED) is 0.638. The molecule has 3 N–H and O–H groups in total. The van der Waals surface area contributed by atoms with Gasteiger partial charge in [-0.25, -0.2) is 9.82 Å². The van der Waals surface area contributed by atoms with Crippen molar-refractivity contribution in [3.05, 3.63) is 63.9 Å². The van der Waals surface area contributed by atoms with Crippen molar-refractivity contribution in [1.82, 2.24) is 5.43 Å². The van der Waals surface area contributed by atoms with Gasteiger partial charge in [0.25, 0.3) is 0 Å². The van der Waals surface area contributed by atoms with Crippen molar-refractivity contribution in [3.8, 4) is 5.75 Å². The van der Waals surface area contributed by atoms with Gasteiger partial charge in [-0.2, -0.15) is 0 Å². The molecule has 1 atom stereocenters. The number of hydrogen-bond donors (Lipinski definition) is 2. The first kappa shape index (κ1) is 14.5. The van der Waals surface area contributed by atoms with Gasteiger partial charge in [0.05, 0.1) is 12.1 Å². The molecule has 1 unspecified atom stereocenters. The summed E-state index contributed by atoms with van der Waals surface area (Å²) in [5, 5.41) is 0. The van der Waals surface area contributed by atoms with Crippen LogP contribution in [-0.2, 0) is 0 Å². The Bertz CT molecular complexity index is 629. The zero-order chi connectivity index (χ0) is 14.8. The van der Waals surface area contributed by atoms with E-state index in [1.807, 2.05) is 24.3 Å². The monoisotopic (exact) mass is 350 g/mol. The fraction of sp³-hybridized carbons (Fsp3) is 0.250. The molecule has 3 nitrogen and oxygen atoms in total. The molecule has 3 rings (SSSR count). The Morgan fingerprint density at radius 3 is 2.48 bits per heavy atom. The predicted octanol–water partition coefficient (Wildman–Crippen LogP) is 3.68. The minimum absolute atomic E-state index is 0.300. The van der Waals surface area contributed by atoms with Crippen molar-refractivity contribution < 1.29 is 9.13 Å². The Kier molecular flexibility index (Phi) is 4.24. The second-order valence-corrected chi connectivity index (χ2v) is 6.07. The highest BCUT2D eigenvalue weighted by atomic mass is 79.9. The van der Waals surface area contributed by atoms with E-state index in [1.165, 1.54) is 6.07 Å². The first-order valence-corrected chi connectivity index (χ1v) is 7.64. The van der Waals surface area contributed by atoms with Crippen LogP contribution in [-0.4, -0.2) is 6.10 Å². The molecule has 1 aliphatic rings. The highest BCUT2D eigenvalue weighted by Gasteiger charge is 2.23. The molecule has 0 heterocycles. The maximum Gasteiger partial charge on any atom is 0.129 e. The van der Waals surface area contributed by atoms with E-state index >= 15 is 0 Å². The third kappa shape index (κ3) is 3.43. The number of nitrogens with two attached hydrogens (primary N) is 1. The number of halogens is 2. The van der Waals surface area contributed by atoms with Gasteiger partial charge >= 0.3 is 0 Å². The number of hydrazine groups is 1. The molecule has 5 heteroatoms. The Morgan fingerprint density at radius 1 is 1.19 bits per heavy atom. The van der Waals surface area contributed by atoms with Gasteiger partial charge < -0.3 is 4.74 Å². The fourth-order valence-electron chi connectivity index (χ4n) is 2.22. The second kappa shape index (κ2) is 6.13. The SMILES string of the molecule is NNC(c1ccc(OC2CC2)cc1)c1ccc(Br)cc1F. The summed E-state index contributed by atoms with van der Waals surface area (Å²) in [4.78, 5) is 0. The van der Waals surface area contributed by atoms with Gasteiger partial charge in [0.2, 0.25) is 0 Å². The molecule has 2 aromatic rings. The Labute approximate surface area is 131 Å². The van der Waals surface area contributed by atoms with Crippen molar-refractivity contribution in [2.45, 2.75) is 25.0 Å². The van der Waals surface area contributed by atoms with Gasteiger partial charge in [-0.1, -0.05) is 34.1 Å². The maximum absolute atomic E-state index is 14.1. The van der Waals surface area contributed by atoms with Crippen molar-refractivity contribution in [3.63, 3.8) is 0 Å². The molecule has 0 aliphatic heterocycles. The van der Waals surface area contributed by atoms with E-state index in [0.29, 0.717) is 16.1 Å². The van der Waals surface area contributed by atoms with Gasteiger partial charge in [-0.3, -0.25) is 5.84 Å². The van der Waals surface area contributed by atoms with E-state index in [0.717, 1.165) is 24.2 Å². The molecule has 21 heavy (non-hydrogen) atoms. The Morgan fingerprint density at radius 2 is 1.90 bits per heavy atom. The van der Waals surface area contributed by atoms with Gasteiger partial charge in [-0.05, 0) is 42.7 Å². The smallest absolute Gasteiger partial charge is 0.129 e. The van der Waals surface area contributed by atoms with Crippen LogP contribution in [0.1, 0.15) is 30.0 Å². The number of rotatable bonds is 5. The lowest BCUT2D eigenvalue weighted by Gasteiger charge is -2.18. The van der Waals surface area contributed by atoms with Gasteiger partial charge in [-0.15, -0.1) is 0 Å². The summed E-state index contributed by atoms with van der Waals surface area (Å²) < 4.78 is 20.5. The first-order valence-electron chi connectivity index (χ1n) is 6.85. The molecular weight excluding hydrogens is 335 g/mol. The molecule has 1 aliphatic carbocycles. The summed E-state index contributed by atoms with van der Waals surface area (Å²) in [7, 11) is 0. The number of nitrogens with one attached hydrogen (secondary N) is 1. The second-order valence-electron chi connectivity index (χ2n) is 5.15. The molecule has 110 valence electrons. The lowest BCUT2D eigenvalue weighted by atomic mass is 9.99. The molecule has 0 bridgehead atoms. The summed E-state index contributed by atoms with van der Waals surface area (Å²) in [6.45, 7) is 0. The number of ether oxygens (including phenoxy) is 1. The lowest BCUT2D eigenvalue weighted by Crippen LogP contribution is -2.29. The van der Waals surface area contributed by atoms with E-state index in [-0.39, 0.29) is 5.82 Å². The highest BCUT2D eigenvalue weighted by Crippen LogP contribution is 2.30. The molecule has 0 spiro atoms. The van der Waals surface area contributed by atoms with Crippen LogP contribution in [0.2, 0.25) is 0 Å². The fourth-order valence-corrected chi connectivity index (χ4v) is 2.55. The van der Waals surface area contributed by atoms with Crippen molar-refractivity contribution in [2.24, 2.45) is 5.84 Å². The van der Waals surface area contributed by atoms with Crippen LogP contribution in [0.15, 0.2) is 46.9 Å². The van der Waals surface area contributed by atoms with E-state index in [4.69, 9.17) is 10.6 Å². The topological polar surface area (TPSA) is 47.3 Å². The zero-order valence-corrected chi connectivity index (χ0v) is 12.9. The summed E-state index contributed by atoms with van der Waals surface area (Å²) in [5.41, 5.74) is 4.07. The summed E-state index contributed by atoms with van der Waals surface area (Å²) in [6, 6.07) is 12.2. The minimum Gasteiger partial charge on any atom is -0.490 e. The molecule has 0 aromatic heterocycles. The molecular formula is C16H16BrFN2O. The minimum atomic E-state index is -0.395. The summed E-state index contributed by atoms with van der Waals surface area (Å²) in [5.74, 6) is 6.15. The third-order valence-electron chi connectivity index (χ3n) is 3.48. The molecule has 2 aromatic carbocycles. The van der Waals surface area contributed by atoms with Crippen LogP contribution in [0, 0.1) is 5.82 Å². The average Bonchev–Trinajstić information content (AvgIpc) is 3.27. The lowest BCUT2D eigenvalue weighted by molar-refractivity contribution is 0.303. The molecule has 0 radical (unpaired) electrons.